The summed E-state index contributed by atoms with van der Waals surface area (Å²) in [6, 6.07) is 8.75. The summed E-state index contributed by atoms with van der Waals surface area (Å²) in [5, 5.41) is 0. The van der Waals surface area contributed by atoms with Crippen LogP contribution in [0.1, 0.15) is 12.8 Å². The number of carbonyl (C=O) groups excluding carboxylic acids is 2. The first-order valence-electron chi connectivity index (χ1n) is 5.41. The van der Waals surface area contributed by atoms with Crippen LogP contribution in [0.15, 0.2) is 30.3 Å². The second kappa shape index (κ2) is 4.79. The van der Waals surface area contributed by atoms with Gasteiger partial charge in [0.25, 0.3) is 0 Å². The van der Waals surface area contributed by atoms with Crippen LogP contribution in [0.4, 0.5) is 10.5 Å². The van der Waals surface area contributed by atoms with Crippen LogP contribution < -0.4 is 4.90 Å². The molecule has 0 spiro atoms. The van der Waals surface area contributed by atoms with E-state index in [-0.39, 0.29) is 6.03 Å². The number of amides is 3. The van der Waals surface area contributed by atoms with Gasteiger partial charge >= 0.3 is 6.03 Å². The molecule has 1 aliphatic rings. The molecule has 0 saturated carbocycles. The Bertz CT molecular complexity index is 372. The van der Waals surface area contributed by atoms with Gasteiger partial charge in [-0.05, 0) is 25.0 Å². The van der Waals surface area contributed by atoms with E-state index >= 15 is 0 Å². The Balaban J connectivity index is 2.16. The largest absolute Gasteiger partial charge is 0.331 e. The zero-order valence-corrected chi connectivity index (χ0v) is 9.00. The van der Waals surface area contributed by atoms with Gasteiger partial charge in [-0.2, -0.15) is 0 Å². The highest BCUT2D eigenvalue weighted by Gasteiger charge is 2.24. The lowest BCUT2D eigenvalue weighted by Crippen LogP contribution is -2.41. The van der Waals surface area contributed by atoms with Crippen LogP contribution in [0, 0.1) is 0 Å². The quantitative estimate of drug-likeness (QED) is 0.711. The van der Waals surface area contributed by atoms with Crippen LogP contribution in [-0.4, -0.2) is 30.4 Å². The molecule has 4 heteroatoms. The minimum Gasteiger partial charge on any atom is -0.324 e. The summed E-state index contributed by atoms with van der Waals surface area (Å²) in [6.07, 6.45) is 2.62. The first kappa shape index (κ1) is 10.7. The van der Waals surface area contributed by atoms with Crippen LogP contribution in [-0.2, 0) is 4.79 Å². The molecule has 4 nitrogen and oxygen atoms in total. The lowest BCUT2D eigenvalue weighted by Gasteiger charge is -2.22. The number of hydrogen-bond donors (Lipinski definition) is 0. The Kier molecular flexibility index (Phi) is 3.19. The number of para-hydroxylation sites is 1. The van der Waals surface area contributed by atoms with Crippen molar-refractivity contribution in [3.05, 3.63) is 30.3 Å². The van der Waals surface area contributed by atoms with E-state index in [1.165, 1.54) is 0 Å². The van der Waals surface area contributed by atoms with Crippen molar-refractivity contribution in [3.63, 3.8) is 0 Å². The monoisotopic (exact) mass is 218 g/mol. The van der Waals surface area contributed by atoms with Crippen LogP contribution in [0.5, 0.6) is 0 Å². The van der Waals surface area contributed by atoms with Crippen molar-refractivity contribution in [1.29, 1.82) is 0 Å². The molecule has 1 aliphatic heterocycles. The van der Waals surface area contributed by atoms with Crippen molar-refractivity contribution in [2.75, 3.05) is 18.0 Å². The third-order valence-corrected chi connectivity index (χ3v) is 2.72. The number of carbonyl (C=O) groups is 2. The van der Waals surface area contributed by atoms with E-state index in [2.05, 4.69) is 0 Å². The molecular formula is C12H14N2O2. The molecule has 0 N–H and O–H groups in total. The van der Waals surface area contributed by atoms with Gasteiger partial charge in [0, 0.05) is 13.1 Å². The van der Waals surface area contributed by atoms with Crippen LogP contribution in [0.25, 0.3) is 0 Å². The normalized spacial score (nSPS) is 14.9. The number of hydrogen-bond acceptors (Lipinski definition) is 2. The summed E-state index contributed by atoms with van der Waals surface area (Å²) < 4.78 is 0. The molecule has 0 bridgehead atoms. The number of benzene rings is 1. The van der Waals surface area contributed by atoms with Gasteiger partial charge in [-0.1, -0.05) is 18.2 Å². The van der Waals surface area contributed by atoms with Gasteiger partial charge in [-0.3, -0.25) is 4.79 Å². The van der Waals surface area contributed by atoms with E-state index in [0.29, 0.717) is 12.1 Å². The third kappa shape index (κ3) is 2.05. The summed E-state index contributed by atoms with van der Waals surface area (Å²) in [5.74, 6) is 0. The predicted molar refractivity (Wildman–Crippen MR) is 61.2 cm³/mol. The Hall–Kier alpha value is -1.84. The highest BCUT2D eigenvalue weighted by molar-refractivity contribution is 6.05. The van der Waals surface area contributed by atoms with E-state index in [0.717, 1.165) is 30.8 Å². The van der Waals surface area contributed by atoms with Gasteiger partial charge in [0.15, 0.2) is 0 Å². The first-order valence-corrected chi connectivity index (χ1v) is 5.41. The maximum Gasteiger partial charge on any atom is 0.331 e. The molecular weight excluding hydrogens is 204 g/mol. The standard InChI is InChI=1S/C12H14N2O2/c15-10-14(11-6-2-1-3-7-11)12(16)13-8-4-5-9-13/h1-3,6-7,10H,4-5,8-9H2. The summed E-state index contributed by atoms with van der Waals surface area (Å²) in [6.45, 7) is 1.49. The van der Waals surface area contributed by atoms with Crippen LogP contribution in [0.3, 0.4) is 0 Å². The molecule has 0 radical (unpaired) electrons. The third-order valence-electron chi connectivity index (χ3n) is 2.72. The number of likely N-dealkylation sites (tertiary alicyclic amines) is 1. The number of imide groups is 1. The lowest BCUT2D eigenvalue weighted by atomic mass is 10.3. The fraction of sp³-hybridized carbons (Fsp3) is 0.333. The highest BCUT2D eigenvalue weighted by atomic mass is 16.2. The minimum absolute atomic E-state index is 0.223. The molecule has 16 heavy (non-hydrogen) atoms. The summed E-state index contributed by atoms with van der Waals surface area (Å²) in [7, 11) is 0. The molecule has 0 aliphatic carbocycles. The molecule has 1 aromatic carbocycles. The highest BCUT2D eigenvalue weighted by Crippen LogP contribution is 2.16. The number of rotatable bonds is 2. The SMILES string of the molecule is O=CN(C(=O)N1CCCC1)c1ccccc1. The molecule has 0 atom stereocenters. The van der Waals surface area contributed by atoms with Crippen molar-refractivity contribution in [2.45, 2.75) is 12.8 Å². The molecule has 1 fully saturated rings. The van der Waals surface area contributed by atoms with Crippen molar-refractivity contribution >= 4 is 18.1 Å². The Morgan fingerprint density at radius 1 is 1.19 bits per heavy atom. The van der Waals surface area contributed by atoms with Crippen LogP contribution in [0.2, 0.25) is 0 Å². The second-order valence-corrected chi connectivity index (χ2v) is 3.79. The second-order valence-electron chi connectivity index (χ2n) is 3.79. The molecule has 2 rings (SSSR count). The average molecular weight is 218 g/mol. The van der Waals surface area contributed by atoms with Crippen molar-refractivity contribution in [1.82, 2.24) is 4.90 Å². The molecule has 84 valence electrons. The van der Waals surface area contributed by atoms with Crippen molar-refractivity contribution in [2.24, 2.45) is 0 Å². The fourth-order valence-electron chi connectivity index (χ4n) is 1.87. The van der Waals surface area contributed by atoms with E-state index in [1.54, 1.807) is 17.0 Å². The van der Waals surface area contributed by atoms with E-state index in [1.807, 2.05) is 18.2 Å². The van der Waals surface area contributed by atoms with Gasteiger partial charge in [0.2, 0.25) is 6.41 Å². The number of nitrogens with zero attached hydrogens (tertiary/aromatic N) is 2. The van der Waals surface area contributed by atoms with Crippen molar-refractivity contribution < 1.29 is 9.59 Å². The number of urea groups is 1. The van der Waals surface area contributed by atoms with Gasteiger partial charge in [-0.15, -0.1) is 0 Å². The predicted octanol–water partition coefficient (Wildman–Crippen LogP) is 1.87. The maximum absolute atomic E-state index is 12.0. The smallest absolute Gasteiger partial charge is 0.324 e. The first-order chi connectivity index (χ1) is 7.83. The van der Waals surface area contributed by atoms with Gasteiger partial charge in [0.05, 0.1) is 5.69 Å². The molecule has 0 aromatic heterocycles. The topological polar surface area (TPSA) is 40.6 Å². The van der Waals surface area contributed by atoms with Gasteiger partial charge in [0.1, 0.15) is 0 Å². The minimum atomic E-state index is -0.223. The summed E-state index contributed by atoms with van der Waals surface area (Å²) in [5.41, 5.74) is 0.620. The molecule has 0 unspecified atom stereocenters. The summed E-state index contributed by atoms with van der Waals surface area (Å²) in [4.78, 5) is 25.8. The van der Waals surface area contributed by atoms with Gasteiger partial charge in [-0.25, -0.2) is 9.69 Å². The van der Waals surface area contributed by atoms with E-state index in [4.69, 9.17) is 0 Å². The zero-order chi connectivity index (χ0) is 11.4. The maximum atomic E-state index is 12.0. The van der Waals surface area contributed by atoms with E-state index < -0.39 is 0 Å². The Morgan fingerprint density at radius 2 is 1.81 bits per heavy atom. The average Bonchev–Trinajstić information content (AvgIpc) is 2.85. The molecule has 1 aromatic rings. The number of anilines is 1. The zero-order valence-electron chi connectivity index (χ0n) is 9.00. The van der Waals surface area contributed by atoms with Gasteiger partial charge < -0.3 is 4.90 Å². The fourth-order valence-corrected chi connectivity index (χ4v) is 1.87. The molecule has 1 saturated heterocycles. The van der Waals surface area contributed by atoms with Crippen LogP contribution >= 0.6 is 0 Å². The molecule has 3 amide bonds. The summed E-state index contributed by atoms with van der Waals surface area (Å²) >= 11 is 0. The lowest BCUT2D eigenvalue weighted by molar-refractivity contribution is -0.107. The Morgan fingerprint density at radius 3 is 2.38 bits per heavy atom. The van der Waals surface area contributed by atoms with E-state index in [9.17, 15) is 9.59 Å². The van der Waals surface area contributed by atoms with Crippen molar-refractivity contribution in [3.8, 4) is 0 Å². The Labute approximate surface area is 94.5 Å². The molecule has 1 heterocycles.